The first kappa shape index (κ1) is 19.5. The molecule has 0 spiro atoms. The average Bonchev–Trinajstić information content (AvgIpc) is 2.97. The molecule has 2 fully saturated rings. The maximum atomic E-state index is 10.4. The average molecular weight is 341 g/mol. The third-order valence-electron chi connectivity index (χ3n) is 4.75. The van der Waals surface area contributed by atoms with Crippen LogP contribution < -0.4 is 10.6 Å². The predicted octanol–water partition coefficient (Wildman–Crippen LogP) is 1.20. The van der Waals surface area contributed by atoms with Gasteiger partial charge in [0.25, 0.3) is 0 Å². The fourth-order valence-electron chi connectivity index (χ4n) is 3.56. The zero-order valence-corrected chi connectivity index (χ0v) is 15.7. The fraction of sp³-hybridized carbons (Fsp3) is 0.944. The van der Waals surface area contributed by atoms with Crippen molar-refractivity contribution in [2.45, 2.75) is 58.2 Å². The lowest BCUT2D eigenvalue weighted by Gasteiger charge is -2.34. The van der Waals surface area contributed by atoms with Gasteiger partial charge in [-0.1, -0.05) is 26.7 Å². The van der Waals surface area contributed by atoms with E-state index in [0.29, 0.717) is 12.5 Å². The number of morpholine rings is 1. The lowest BCUT2D eigenvalue weighted by atomic mass is 10.0. The first-order valence-electron chi connectivity index (χ1n) is 9.59. The molecule has 0 aromatic carbocycles. The molecule has 6 heteroatoms. The molecule has 0 aromatic rings. The van der Waals surface area contributed by atoms with Crippen molar-refractivity contribution in [2.24, 2.45) is 10.9 Å². The Morgan fingerprint density at radius 2 is 2.08 bits per heavy atom. The van der Waals surface area contributed by atoms with Gasteiger partial charge in [-0.15, -0.1) is 0 Å². The van der Waals surface area contributed by atoms with Gasteiger partial charge in [-0.05, 0) is 25.7 Å². The first-order chi connectivity index (χ1) is 11.5. The van der Waals surface area contributed by atoms with Crippen LogP contribution in [0.5, 0.6) is 0 Å². The molecule has 0 amide bonds. The molecule has 1 heterocycles. The van der Waals surface area contributed by atoms with Crippen LogP contribution in [0.2, 0.25) is 0 Å². The molecule has 140 valence electrons. The van der Waals surface area contributed by atoms with Gasteiger partial charge < -0.3 is 20.5 Å². The molecule has 1 unspecified atom stereocenters. The largest absolute Gasteiger partial charge is 0.388 e. The maximum Gasteiger partial charge on any atom is 0.191 e. The van der Waals surface area contributed by atoms with E-state index in [1.807, 2.05) is 0 Å². The highest BCUT2D eigenvalue weighted by atomic mass is 16.5. The highest BCUT2D eigenvalue weighted by molar-refractivity contribution is 5.79. The van der Waals surface area contributed by atoms with Gasteiger partial charge in [-0.3, -0.25) is 9.89 Å². The van der Waals surface area contributed by atoms with Crippen molar-refractivity contribution >= 4 is 5.96 Å². The van der Waals surface area contributed by atoms with Crippen LogP contribution in [-0.4, -0.2) is 73.5 Å². The van der Waals surface area contributed by atoms with Gasteiger partial charge in [0.2, 0.25) is 0 Å². The van der Waals surface area contributed by atoms with Gasteiger partial charge in [0, 0.05) is 32.7 Å². The molecule has 1 saturated heterocycles. The van der Waals surface area contributed by atoms with Crippen LogP contribution >= 0.6 is 0 Å². The van der Waals surface area contributed by atoms with Gasteiger partial charge in [0.15, 0.2) is 5.96 Å². The van der Waals surface area contributed by atoms with E-state index in [9.17, 15) is 5.11 Å². The Kier molecular flexibility index (Phi) is 7.78. The van der Waals surface area contributed by atoms with E-state index in [0.717, 1.165) is 71.0 Å². The lowest BCUT2D eigenvalue weighted by Crippen LogP contribution is -2.50. The number of rotatable bonds is 7. The number of hydrogen-bond acceptors (Lipinski definition) is 4. The van der Waals surface area contributed by atoms with Crippen LogP contribution in [0, 0.1) is 5.92 Å². The highest BCUT2D eigenvalue weighted by Gasteiger charge is 2.30. The van der Waals surface area contributed by atoms with Gasteiger partial charge in [-0.2, -0.15) is 0 Å². The first-order valence-corrected chi connectivity index (χ1v) is 9.59. The van der Waals surface area contributed by atoms with Gasteiger partial charge in [0.1, 0.15) is 0 Å². The third-order valence-corrected chi connectivity index (χ3v) is 4.75. The molecular weight excluding hydrogens is 304 g/mol. The summed E-state index contributed by atoms with van der Waals surface area (Å²) >= 11 is 0. The molecule has 1 atom stereocenters. The van der Waals surface area contributed by atoms with Gasteiger partial charge >= 0.3 is 0 Å². The zero-order chi connectivity index (χ0) is 17.4. The van der Waals surface area contributed by atoms with E-state index >= 15 is 0 Å². The summed E-state index contributed by atoms with van der Waals surface area (Å²) in [6, 6.07) is 0. The van der Waals surface area contributed by atoms with Gasteiger partial charge in [0.05, 0.1) is 24.9 Å². The Morgan fingerprint density at radius 3 is 2.75 bits per heavy atom. The molecule has 0 radical (unpaired) electrons. The van der Waals surface area contributed by atoms with E-state index in [4.69, 9.17) is 4.74 Å². The van der Waals surface area contributed by atoms with E-state index in [1.165, 1.54) is 0 Å². The van der Waals surface area contributed by atoms with Crippen LogP contribution in [0.25, 0.3) is 0 Å². The normalized spacial score (nSPS) is 25.2. The van der Waals surface area contributed by atoms with E-state index in [-0.39, 0.29) is 6.10 Å². The summed E-state index contributed by atoms with van der Waals surface area (Å²) in [5.74, 6) is 1.46. The van der Waals surface area contributed by atoms with Crippen molar-refractivity contribution in [3.63, 3.8) is 0 Å². The number of ether oxygens (including phenoxy) is 1. The molecule has 2 aliphatic rings. The van der Waals surface area contributed by atoms with E-state index in [1.54, 1.807) is 0 Å². The molecule has 1 aliphatic heterocycles. The standard InChI is InChI=1S/C18H36N4O2/c1-4-19-17(21-14-18(23)7-5-6-8-18)20-11-16-13-22(9-10-24-16)12-15(2)3/h15-16,23H,4-14H2,1-3H3,(H2,19,20,21). The Labute approximate surface area is 147 Å². The minimum atomic E-state index is -0.599. The number of hydrogen-bond donors (Lipinski definition) is 3. The van der Waals surface area contributed by atoms with Crippen LogP contribution in [0.4, 0.5) is 0 Å². The monoisotopic (exact) mass is 340 g/mol. The Balaban J connectivity index is 1.79. The van der Waals surface area contributed by atoms with Crippen molar-refractivity contribution in [3.05, 3.63) is 0 Å². The summed E-state index contributed by atoms with van der Waals surface area (Å²) in [6.07, 6.45) is 4.14. The van der Waals surface area contributed by atoms with Crippen LogP contribution in [0.3, 0.4) is 0 Å². The summed E-state index contributed by atoms with van der Waals surface area (Å²) in [5, 5.41) is 17.1. The fourth-order valence-corrected chi connectivity index (χ4v) is 3.56. The SMILES string of the molecule is CCNC(=NCC1(O)CCCC1)NCC1CN(CC(C)C)CCO1. The molecule has 1 aliphatic carbocycles. The van der Waals surface area contributed by atoms with Crippen molar-refractivity contribution in [3.8, 4) is 0 Å². The van der Waals surface area contributed by atoms with Crippen molar-refractivity contribution in [2.75, 3.05) is 45.9 Å². The predicted molar refractivity (Wildman–Crippen MR) is 98.4 cm³/mol. The van der Waals surface area contributed by atoms with Gasteiger partial charge in [-0.25, -0.2) is 0 Å². The Bertz CT molecular complexity index is 394. The van der Waals surface area contributed by atoms with E-state index in [2.05, 4.69) is 41.3 Å². The molecular formula is C18H36N4O2. The molecule has 24 heavy (non-hydrogen) atoms. The zero-order valence-electron chi connectivity index (χ0n) is 15.7. The number of nitrogens with zero attached hydrogens (tertiary/aromatic N) is 2. The summed E-state index contributed by atoms with van der Waals surface area (Å²) in [7, 11) is 0. The molecule has 3 N–H and O–H groups in total. The van der Waals surface area contributed by atoms with E-state index < -0.39 is 5.60 Å². The second-order valence-electron chi connectivity index (χ2n) is 7.65. The summed E-state index contributed by atoms with van der Waals surface area (Å²) in [5.41, 5.74) is -0.599. The lowest BCUT2D eigenvalue weighted by molar-refractivity contribution is -0.0284. The second-order valence-corrected chi connectivity index (χ2v) is 7.65. The van der Waals surface area contributed by atoms with Crippen LogP contribution in [0.1, 0.15) is 46.5 Å². The topological polar surface area (TPSA) is 69.1 Å². The summed E-state index contributed by atoms with van der Waals surface area (Å²) in [4.78, 5) is 7.07. The molecule has 0 bridgehead atoms. The van der Waals surface area contributed by atoms with Crippen LogP contribution in [-0.2, 0) is 4.74 Å². The number of nitrogens with one attached hydrogen (secondary N) is 2. The summed E-state index contributed by atoms with van der Waals surface area (Å²) < 4.78 is 5.88. The molecule has 1 saturated carbocycles. The highest BCUT2D eigenvalue weighted by Crippen LogP contribution is 2.29. The Hall–Kier alpha value is -0.850. The molecule has 6 nitrogen and oxygen atoms in total. The summed E-state index contributed by atoms with van der Waals surface area (Å²) in [6.45, 7) is 12.5. The molecule has 2 rings (SSSR count). The van der Waals surface area contributed by atoms with Crippen molar-refractivity contribution in [1.82, 2.24) is 15.5 Å². The number of guanidine groups is 1. The number of aliphatic imine (C=N–C) groups is 1. The van der Waals surface area contributed by atoms with Crippen LogP contribution in [0.15, 0.2) is 4.99 Å². The number of aliphatic hydroxyl groups is 1. The smallest absolute Gasteiger partial charge is 0.191 e. The minimum absolute atomic E-state index is 0.191. The molecule has 0 aromatic heterocycles. The minimum Gasteiger partial charge on any atom is -0.388 e. The Morgan fingerprint density at radius 1 is 1.33 bits per heavy atom. The second kappa shape index (κ2) is 9.59. The maximum absolute atomic E-state index is 10.4. The van der Waals surface area contributed by atoms with Crippen molar-refractivity contribution < 1.29 is 9.84 Å². The third kappa shape index (κ3) is 6.57. The quantitative estimate of drug-likeness (QED) is 0.480. The van der Waals surface area contributed by atoms with Crippen molar-refractivity contribution in [1.29, 1.82) is 0 Å².